The first kappa shape index (κ1) is 12.3. The van der Waals surface area contributed by atoms with E-state index in [1.807, 2.05) is 25.1 Å². The van der Waals surface area contributed by atoms with E-state index in [4.69, 9.17) is 46.4 Å². The van der Waals surface area contributed by atoms with Crippen LogP contribution in [0, 0.1) is 6.92 Å². The molecule has 0 radical (unpaired) electrons. The van der Waals surface area contributed by atoms with Crippen molar-refractivity contribution in [1.29, 1.82) is 0 Å². The van der Waals surface area contributed by atoms with Gasteiger partial charge in [-0.15, -0.1) is 0 Å². The summed E-state index contributed by atoms with van der Waals surface area (Å²) in [6.45, 7) is 1.98. The molecule has 0 aliphatic heterocycles. The van der Waals surface area contributed by atoms with Crippen molar-refractivity contribution in [3.8, 4) is 0 Å². The van der Waals surface area contributed by atoms with Gasteiger partial charge in [0, 0.05) is 5.39 Å². The fourth-order valence-electron chi connectivity index (χ4n) is 1.48. The van der Waals surface area contributed by atoms with Crippen LogP contribution in [0.3, 0.4) is 0 Å². The van der Waals surface area contributed by atoms with E-state index in [9.17, 15) is 0 Å². The molecule has 2 aromatic rings. The number of fused-ring (bicyclic) bond motifs is 1. The zero-order chi connectivity index (χ0) is 11.9. The highest BCUT2D eigenvalue weighted by Gasteiger charge is 2.16. The van der Waals surface area contributed by atoms with E-state index >= 15 is 0 Å². The van der Waals surface area contributed by atoms with E-state index in [0.29, 0.717) is 15.7 Å². The molecule has 0 fully saturated rings. The first-order valence-corrected chi connectivity index (χ1v) is 6.17. The average molecular weight is 295 g/mol. The summed E-state index contributed by atoms with van der Waals surface area (Å²) in [7, 11) is 0. The molecule has 0 aliphatic rings. The van der Waals surface area contributed by atoms with Gasteiger partial charge < -0.3 is 0 Å². The molecule has 0 unspecified atom stereocenters. The number of aryl methyl sites for hydroxylation is 1. The lowest BCUT2D eigenvalue weighted by Gasteiger charge is -2.09. The molecular formula is C11H7Cl4N. The fourth-order valence-corrected chi connectivity index (χ4v) is 2.41. The molecule has 0 aliphatic carbocycles. The molecule has 1 aromatic carbocycles. The van der Waals surface area contributed by atoms with E-state index in [2.05, 4.69) is 4.98 Å². The minimum Gasteiger partial charge on any atom is -0.248 e. The summed E-state index contributed by atoms with van der Waals surface area (Å²) in [6, 6.07) is 5.74. The van der Waals surface area contributed by atoms with Crippen molar-refractivity contribution >= 4 is 57.3 Å². The Balaban J connectivity index is 2.83. The summed E-state index contributed by atoms with van der Waals surface area (Å²) in [5, 5.41) is 1.57. The Hall–Kier alpha value is -0.210. The summed E-state index contributed by atoms with van der Waals surface area (Å²) in [5.41, 5.74) is 2.22. The quantitative estimate of drug-likeness (QED) is 0.648. The summed E-state index contributed by atoms with van der Waals surface area (Å²) in [4.78, 5) is 3.51. The largest absolute Gasteiger partial charge is 0.248 e. The second-order valence-corrected chi connectivity index (χ2v) is 5.30. The predicted molar refractivity (Wildman–Crippen MR) is 70.9 cm³/mol. The topological polar surface area (TPSA) is 12.9 Å². The number of alkyl halides is 2. The van der Waals surface area contributed by atoms with Crippen molar-refractivity contribution in [2.75, 3.05) is 0 Å². The van der Waals surface area contributed by atoms with Crippen molar-refractivity contribution in [2.45, 2.75) is 11.8 Å². The third-order valence-corrected chi connectivity index (χ3v) is 3.54. The number of benzene rings is 1. The van der Waals surface area contributed by atoms with Gasteiger partial charge >= 0.3 is 0 Å². The van der Waals surface area contributed by atoms with Crippen molar-refractivity contribution in [3.63, 3.8) is 0 Å². The Morgan fingerprint density at radius 1 is 1.12 bits per heavy atom. The molecule has 0 N–H and O–H groups in total. The summed E-state index contributed by atoms with van der Waals surface area (Å²) in [5.74, 6) is 0. The van der Waals surface area contributed by atoms with E-state index in [1.165, 1.54) is 0 Å². The van der Waals surface area contributed by atoms with Crippen LogP contribution < -0.4 is 0 Å². The molecule has 0 bridgehead atoms. The van der Waals surface area contributed by atoms with Crippen LogP contribution in [0.4, 0.5) is 0 Å². The maximum absolute atomic E-state index is 6.16. The average Bonchev–Trinajstić information content (AvgIpc) is 2.23. The van der Waals surface area contributed by atoms with Crippen LogP contribution in [0.5, 0.6) is 0 Å². The molecule has 16 heavy (non-hydrogen) atoms. The SMILES string of the molecule is Cc1ccc2nc(C(Cl)Cl)c(Cl)c(Cl)c2c1. The molecule has 0 spiro atoms. The molecule has 84 valence electrons. The van der Waals surface area contributed by atoms with Gasteiger partial charge in [-0.1, -0.05) is 58.0 Å². The summed E-state index contributed by atoms with van der Waals surface area (Å²) >= 11 is 23.8. The lowest BCUT2D eigenvalue weighted by molar-refractivity contribution is 1.18. The first-order chi connectivity index (χ1) is 7.50. The van der Waals surface area contributed by atoms with Crippen LogP contribution in [-0.2, 0) is 0 Å². The Morgan fingerprint density at radius 2 is 1.81 bits per heavy atom. The molecule has 0 saturated carbocycles. The number of pyridine rings is 1. The Labute approximate surface area is 113 Å². The number of nitrogens with zero attached hydrogens (tertiary/aromatic N) is 1. The normalized spacial score (nSPS) is 11.4. The molecule has 0 amide bonds. The van der Waals surface area contributed by atoms with E-state index in [1.54, 1.807) is 0 Å². The molecule has 5 heteroatoms. The predicted octanol–water partition coefficient (Wildman–Crippen LogP) is 5.33. The number of rotatable bonds is 1. The van der Waals surface area contributed by atoms with Gasteiger partial charge in [-0.3, -0.25) is 0 Å². The van der Waals surface area contributed by atoms with Crippen LogP contribution in [0.1, 0.15) is 16.1 Å². The van der Waals surface area contributed by atoms with E-state index in [0.717, 1.165) is 16.5 Å². The van der Waals surface area contributed by atoms with Crippen LogP contribution >= 0.6 is 46.4 Å². The molecule has 2 rings (SSSR count). The molecule has 0 saturated heterocycles. The van der Waals surface area contributed by atoms with Gasteiger partial charge in [0.05, 0.1) is 21.3 Å². The monoisotopic (exact) mass is 293 g/mol. The number of halogens is 4. The summed E-state index contributed by atoms with van der Waals surface area (Å²) < 4.78 is 0. The molecule has 0 atom stereocenters. The van der Waals surface area contributed by atoms with Gasteiger partial charge in [0.25, 0.3) is 0 Å². The van der Waals surface area contributed by atoms with Crippen LogP contribution in [-0.4, -0.2) is 4.98 Å². The van der Waals surface area contributed by atoms with Crippen molar-refractivity contribution in [2.24, 2.45) is 0 Å². The van der Waals surface area contributed by atoms with Crippen LogP contribution in [0.25, 0.3) is 10.9 Å². The smallest absolute Gasteiger partial charge is 0.151 e. The number of hydrogen-bond acceptors (Lipinski definition) is 1. The van der Waals surface area contributed by atoms with Gasteiger partial charge in [0.1, 0.15) is 0 Å². The third kappa shape index (κ3) is 2.10. The Morgan fingerprint density at radius 3 is 2.44 bits per heavy atom. The molecular weight excluding hydrogens is 288 g/mol. The zero-order valence-corrected chi connectivity index (χ0v) is 11.3. The van der Waals surface area contributed by atoms with Crippen LogP contribution in [0.2, 0.25) is 10.0 Å². The highest BCUT2D eigenvalue weighted by atomic mass is 35.5. The maximum Gasteiger partial charge on any atom is 0.151 e. The lowest BCUT2D eigenvalue weighted by Crippen LogP contribution is -1.93. The molecule has 1 aromatic heterocycles. The highest BCUT2D eigenvalue weighted by Crippen LogP contribution is 2.38. The molecule has 1 nitrogen and oxygen atoms in total. The summed E-state index contributed by atoms with van der Waals surface area (Å²) in [6.07, 6.45) is 0. The van der Waals surface area contributed by atoms with Gasteiger partial charge in [-0.05, 0) is 19.1 Å². The lowest BCUT2D eigenvalue weighted by atomic mass is 10.1. The standard InChI is InChI=1S/C11H7Cl4N/c1-5-2-3-7-6(4-5)8(12)9(13)10(16-7)11(14)15/h2-4,11H,1H3. The van der Waals surface area contributed by atoms with E-state index < -0.39 is 4.84 Å². The van der Waals surface area contributed by atoms with Gasteiger partial charge in [0.2, 0.25) is 0 Å². The number of hydrogen-bond donors (Lipinski definition) is 0. The van der Waals surface area contributed by atoms with Gasteiger partial charge in [-0.2, -0.15) is 0 Å². The van der Waals surface area contributed by atoms with Crippen molar-refractivity contribution in [3.05, 3.63) is 39.5 Å². The highest BCUT2D eigenvalue weighted by molar-refractivity contribution is 6.48. The second kappa shape index (κ2) is 4.58. The molecule has 1 heterocycles. The zero-order valence-electron chi connectivity index (χ0n) is 8.27. The first-order valence-electron chi connectivity index (χ1n) is 4.54. The van der Waals surface area contributed by atoms with Gasteiger partial charge in [0.15, 0.2) is 4.84 Å². The van der Waals surface area contributed by atoms with E-state index in [-0.39, 0.29) is 0 Å². The maximum atomic E-state index is 6.16. The minimum absolute atomic E-state index is 0.315. The Bertz CT molecular complexity index is 551. The van der Waals surface area contributed by atoms with Crippen LogP contribution in [0.15, 0.2) is 18.2 Å². The van der Waals surface area contributed by atoms with Gasteiger partial charge in [-0.25, -0.2) is 4.98 Å². The second-order valence-electron chi connectivity index (χ2n) is 3.45. The van der Waals surface area contributed by atoms with Crippen molar-refractivity contribution < 1.29 is 0 Å². The minimum atomic E-state index is -0.782. The third-order valence-electron chi connectivity index (χ3n) is 2.25. The number of aromatic nitrogens is 1. The Kier molecular flexibility index (Phi) is 3.50. The fraction of sp³-hybridized carbons (Fsp3) is 0.182. The van der Waals surface area contributed by atoms with Crippen molar-refractivity contribution in [1.82, 2.24) is 4.98 Å².